The zero-order chi connectivity index (χ0) is 14.8. The lowest BCUT2D eigenvalue weighted by Crippen LogP contribution is -2.13. The summed E-state index contributed by atoms with van der Waals surface area (Å²) in [6.45, 7) is 0. The molecule has 2 aromatic carbocycles. The summed E-state index contributed by atoms with van der Waals surface area (Å²) in [5.74, 6) is 0.252. The Labute approximate surface area is 131 Å². The van der Waals surface area contributed by atoms with Crippen molar-refractivity contribution in [2.75, 3.05) is 11.2 Å². The first-order valence-corrected chi connectivity index (χ1v) is 7.19. The van der Waals surface area contributed by atoms with E-state index in [9.17, 15) is 4.79 Å². The van der Waals surface area contributed by atoms with Crippen molar-refractivity contribution < 1.29 is 4.79 Å². The van der Waals surface area contributed by atoms with Crippen molar-refractivity contribution in [3.63, 3.8) is 0 Å². The van der Waals surface area contributed by atoms with Crippen LogP contribution in [0.5, 0.6) is 0 Å². The molecule has 6 heteroatoms. The van der Waals surface area contributed by atoms with Gasteiger partial charge in [-0.2, -0.15) is 0 Å². The predicted octanol–water partition coefficient (Wildman–Crippen LogP) is 4.06. The number of H-pyrrole nitrogens is 1. The van der Waals surface area contributed by atoms with Crippen molar-refractivity contribution in [3.05, 3.63) is 47.5 Å². The molecule has 0 fully saturated rings. The quantitative estimate of drug-likeness (QED) is 0.715. The van der Waals surface area contributed by atoms with Gasteiger partial charge in [0.2, 0.25) is 5.91 Å². The van der Waals surface area contributed by atoms with Crippen molar-refractivity contribution in [1.82, 2.24) is 9.97 Å². The van der Waals surface area contributed by atoms with E-state index in [0.29, 0.717) is 16.5 Å². The van der Waals surface area contributed by atoms with Crippen LogP contribution < -0.4 is 5.32 Å². The van der Waals surface area contributed by atoms with Gasteiger partial charge in [-0.1, -0.05) is 23.7 Å². The molecule has 3 aromatic rings. The number of anilines is 1. The smallest absolute Gasteiger partial charge is 0.239 e. The fraction of sp³-hybridized carbons (Fsp3) is 0.0667. The lowest BCUT2D eigenvalue weighted by Gasteiger charge is -2.08. The first kappa shape index (κ1) is 13.9. The van der Waals surface area contributed by atoms with Gasteiger partial charge in [0.05, 0.1) is 16.7 Å². The minimum Gasteiger partial charge on any atom is -0.338 e. The van der Waals surface area contributed by atoms with E-state index in [1.165, 1.54) is 0 Å². The van der Waals surface area contributed by atoms with Gasteiger partial charge in [-0.05, 0) is 30.3 Å². The number of aromatic amines is 1. The van der Waals surface area contributed by atoms with Crippen LogP contribution >= 0.6 is 23.2 Å². The average Bonchev–Trinajstić information content (AvgIpc) is 2.92. The van der Waals surface area contributed by atoms with Crippen molar-refractivity contribution in [2.45, 2.75) is 0 Å². The van der Waals surface area contributed by atoms with E-state index in [1.807, 2.05) is 24.3 Å². The number of para-hydroxylation sites is 2. The molecule has 0 aliphatic heterocycles. The number of benzene rings is 2. The SMILES string of the molecule is O=C(CCl)Nc1ccc(Cl)cc1-c1nc2ccccc2[nH]1. The number of hydrogen-bond donors (Lipinski definition) is 2. The van der Waals surface area contributed by atoms with Crippen LogP contribution in [0, 0.1) is 0 Å². The highest BCUT2D eigenvalue weighted by Gasteiger charge is 2.12. The largest absolute Gasteiger partial charge is 0.338 e. The number of halogens is 2. The molecule has 0 aliphatic carbocycles. The Morgan fingerprint density at radius 2 is 2.05 bits per heavy atom. The molecule has 0 radical (unpaired) electrons. The number of nitrogens with zero attached hydrogens (tertiary/aromatic N) is 1. The fourth-order valence-corrected chi connectivity index (χ4v) is 2.32. The Balaban J connectivity index is 2.11. The maximum Gasteiger partial charge on any atom is 0.239 e. The van der Waals surface area contributed by atoms with Crippen molar-refractivity contribution >= 4 is 45.8 Å². The highest BCUT2D eigenvalue weighted by atomic mass is 35.5. The van der Waals surface area contributed by atoms with Gasteiger partial charge in [0.15, 0.2) is 0 Å². The molecule has 0 saturated carbocycles. The van der Waals surface area contributed by atoms with Crippen molar-refractivity contribution in [1.29, 1.82) is 0 Å². The van der Waals surface area contributed by atoms with Crippen LogP contribution in [0.4, 0.5) is 5.69 Å². The van der Waals surface area contributed by atoms with Gasteiger partial charge in [0, 0.05) is 10.6 Å². The molecule has 2 N–H and O–H groups in total. The third kappa shape index (κ3) is 2.86. The Morgan fingerprint density at radius 1 is 1.24 bits per heavy atom. The van der Waals surface area contributed by atoms with Crippen LogP contribution in [0.1, 0.15) is 0 Å². The topological polar surface area (TPSA) is 57.8 Å². The lowest BCUT2D eigenvalue weighted by atomic mass is 10.1. The number of rotatable bonds is 3. The first-order chi connectivity index (χ1) is 10.2. The van der Waals surface area contributed by atoms with E-state index < -0.39 is 0 Å². The number of amides is 1. The van der Waals surface area contributed by atoms with Gasteiger partial charge in [0.1, 0.15) is 11.7 Å². The summed E-state index contributed by atoms with van der Waals surface area (Å²) in [7, 11) is 0. The van der Waals surface area contributed by atoms with Crippen LogP contribution in [0.15, 0.2) is 42.5 Å². The van der Waals surface area contributed by atoms with E-state index in [1.54, 1.807) is 18.2 Å². The predicted molar refractivity (Wildman–Crippen MR) is 85.9 cm³/mol. The highest BCUT2D eigenvalue weighted by Crippen LogP contribution is 2.30. The molecule has 21 heavy (non-hydrogen) atoms. The maximum absolute atomic E-state index is 11.5. The number of aromatic nitrogens is 2. The zero-order valence-electron chi connectivity index (χ0n) is 10.9. The second kappa shape index (κ2) is 5.76. The van der Waals surface area contributed by atoms with Crippen LogP contribution in [-0.4, -0.2) is 21.8 Å². The van der Waals surface area contributed by atoms with Gasteiger partial charge in [0.25, 0.3) is 0 Å². The molecule has 1 aromatic heterocycles. The summed E-state index contributed by atoms with van der Waals surface area (Å²) >= 11 is 11.6. The van der Waals surface area contributed by atoms with Crippen LogP contribution in [-0.2, 0) is 4.79 Å². The minimum atomic E-state index is -0.281. The number of alkyl halides is 1. The van der Waals surface area contributed by atoms with Crippen LogP contribution in [0.3, 0.4) is 0 Å². The van der Waals surface area contributed by atoms with E-state index >= 15 is 0 Å². The van der Waals surface area contributed by atoms with Crippen LogP contribution in [0.2, 0.25) is 5.02 Å². The van der Waals surface area contributed by atoms with Gasteiger partial charge in [-0.3, -0.25) is 4.79 Å². The molecule has 1 heterocycles. The molecule has 4 nitrogen and oxygen atoms in total. The van der Waals surface area contributed by atoms with Gasteiger partial charge >= 0.3 is 0 Å². The van der Waals surface area contributed by atoms with Gasteiger partial charge in [-0.25, -0.2) is 4.98 Å². The number of fused-ring (bicyclic) bond motifs is 1. The monoisotopic (exact) mass is 319 g/mol. The van der Waals surface area contributed by atoms with E-state index in [-0.39, 0.29) is 11.8 Å². The van der Waals surface area contributed by atoms with Crippen molar-refractivity contribution in [2.24, 2.45) is 0 Å². The van der Waals surface area contributed by atoms with E-state index in [2.05, 4.69) is 15.3 Å². The number of hydrogen-bond acceptors (Lipinski definition) is 2. The number of carbonyl (C=O) groups excluding carboxylic acids is 1. The highest BCUT2D eigenvalue weighted by molar-refractivity contribution is 6.31. The second-order valence-corrected chi connectivity index (χ2v) is 5.18. The summed E-state index contributed by atoms with van der Waals surface area (Å²) in [4.78, 5) is 19.3. The molecular weight excluding hydrogens is 309 g/mol. The fourth-order valence-electron chi connectivity index (χ4n) is 2.09. The molecule has 3 rings (SSSR count). The van der Waals surface area contributed by atoms with E-state index in [0.717, 1.165) is 16.6 Å². The number of imidazole rings is 1. The van der Waals surface area contributed by atoms with Crippen molar-refractivity contribution in [3.8, 4) is 11.4 Å². The maximum atomic E-state index is 11.5. The molecular formula is C15H11Cl2N3O. The Kier molecular flexibility index (Phi) is 3.82. The van der Waals surface area contributed by atoms with E-state index in [4.69, 9.17) is 23.2 Å². The summed E-state index contributed by atoms with van der Waals surface area (Å²) in [5.41, 5.74) is 3.10. The Hall–Kier alpha value is -2.04. The molecule has 0 bridgehead atoms. The third-order valence-corrected chi connectivity index (χ3v) is 3.50. The third-order valence-electron chi connectivity index (χ3n) is 3.02. The van der Waals surface area contributed by atoms with Gasteiger partial charge in [-0.15, -0.1) is 11.6 Å². The zero-order valence-corrected chi connectivity index (χ0v) is 12.4. The Bertz CT molecular complexity index is 781. The lowest BCUT2D eigenvalue weighted by molar-refractivity contribution is -0.113. The summed E-state index contributed by atoms with van der Waals surface area (Å²) in [6, 6.07) is 12.9. The van der Waals surface area contributed by atoms with Crippen LogP contribution in [0.25, 0.3) is 22.4 Å². The minimum absolute atomic E-state index is 0.109. The molecule has 1 amide bonds. The second-order valence-electron chi connectivity index (χ2n) is 4.47. The molecule has 0 spiro atoms. The normalized spacial score (nSPS) is 10.8. The molecule has 0 unspecified atom stereocenters. The molecule has 106 valence electrons. The Morgan fingerprint density at radius 3 is 2.81 bits per heavy atom. The molecule has 0 saturated heterocycles. The number of nitrogens with one attached hydrogen (secondary N) is 2. The average molecular weight is 320 g/mol. The molecule has 0 aliphatic rings. The summed E-state index contributed by atoms with van der Waals surface area (Å²) in [6.07, 6.45) is 0. The molecule has 0 atom stereocenters. The summed E-state index contributed by atoms with van der Waals surface area (Å²) < 4.78 is 0. The van der Waals surface area contributed by atoms with Gasteiger partial charge < -0.3 is 10.3 Å². The first-order valence-electron chi connectivity index (χ1n) is 6.28. The summed E-state index contributed by atoms with van der Waals surface area (Å²) in [5, 5.41) is 3.30. The number of carbonyl (C=O) groups is 1. The standard InChI is InChI=1S/C15H11Cl2N3O/c16-8-14(21)18-11-6-5-9(17)7-10(11)15-19-12-3-1-2-4-13(12)20-15/h1-7H,8H2,(H,18,21)(H,19,20).